The third-order valence-corrected chi connectivity index (χ3v) is 4.89. The maximum absolute atomic E-state index is 12.8. The number of ketones is 1. The predicted molar refractivity (Wildman–Crippen MR) is 88.8 cm³/mol. The molecule has 0 unspecified atom stereocenters. The van der Waals surface area contributed by atoms with Crippen molar-refractivity contribution in [3.05, 3.63) is 47.5 Å². The zero-order chi connectivity index (χ0) is 14.7. The molecule has 1 nitrogen and oxygen atoms in total. The Kier molecular flexibility index (Phi) is 4.38. The van der Waals surface area contributed by atoms with Crippen LogP contribution in [0.3, 0.4) is 0 Å². The summed E-state index contributed by atoms with van der Waals surface area (Å²) in [5, 5.41) is 2.33. The van der Waals surface area contributed by atoms with Gasteiger partial charge in [-0.15, -0.1) is 0 Å². The fourth-order valence-corrected chi connectivity index (χ4v) is 3.63. The van der Waals surface area contributed by atoms with Crippen molar-refractivity contribution in [1.82, 2.24) is 0 Å². The summed E-state index contributed by atoms with van der Waals surface area (Å²) in [6.45, 7) is 2.11. The zero-order valence-electron chi connectivity index (χ0n) is 12.9. The Balaban J connectivity index is 1.86. The fourth-order valence-electron chi connectivity index (χ4n) is 3.63. The molecule has 0 aliphatic heterocycles. The van der Waals surface area contributed by atoms with Crippen LogP contribution in [-0.2, 0) is 0 Å². The van der Waals surface area contributed by atoms with E-state index in [-0.39, 0.29) is 0 Å². The van der Waals surface area contributed by atoms with E-state index in [1.54, 1.807) is 0 Å². The second-order valence-corrected chi connectivity index (χ2v) is 6.46. The van der Waals surface area contributed by atoms with Gasteiger partial charge in [0.1, 0.15) is 0 Å². The number of Topliss-reactive ketones (excluding diaryl/α,β-unsaturated/α-hetero) is 1. The molecule has 0 spiro atoms. The second-order valence-electron chi connectivity index (χ2n) is 6.46. The van der Waals surface area contributed by atoms with Crippen LogP contribution in [0.2, 0.25) is 0 Å². The highest BCUT2D eigenvalue weighted by atomic mass is 16.1. The highest BCUT2D eigenvalue weighted by molar-refractivity contribution is 6.08. The van der Waals surface area contributed by atoms with Gasteiger partial charge in [0, 0.05) is 12.0 Å². The minimum absolute atomic E-state index is 0.332. The van der Waals surface area contributed by atoms with Gasteiger partial charge in [0.15, 0.2) is 5.78 Å². The summed E-state index contributed by atoms with van der Waals surface area (Å²) in [5.74, 6) is 0.929. The van der Waals surface area contributed by atoms with Gasteiger partial charge in [0.2, 0.25) is 0 Å². The van der Waals surface area contributed by atoms with E-state index >= 15 is 0 Å². The molecule has 0 saturated heterocycles. The number of carbonyl (C=O) groups is 1. The molecule has 0 atom stereocenters. The molecular formula is C20H24O. The Morgan fingerprint density at radius 3 is 2.33 bits per heavy atom. The maximum atomic E-state index is 12.8. The van der Waals surface area contributed by atoms with Gasteiger partial charge in [-0.25, -0.2) is 0 Å². The highest BCUT2D eigenvalue weighted by Gasteiger charge is 2.18. The van der Waals surface area contributed by atoms with Crippen LogP contribution in [0.4, 0.5) is 0 Å². The number of fused-ring (bicyclic) bond motifs is 1. The summed E-state index contributed by atoms with van der Waals surface area (Å²) in [6.07, 6.45) is 8.48. The molecule has 3 rings (SSSR count). The van der Waals surface area contributed by atoms with Crippen LogP contribution in [0.15, 0.2) is 36.4 Å². The van der Waals surface area contributed by atoms with Crippen molar-refractivity contribution >= 4 is 16.6 Å². The lowest BCUT2D eigenvalue weighted by atomic mass is 9.89. The molecule has 1 aliphatic rings. The summed E-state index contributed by atoms with van der Waals surface area (Å²) < 4.78 is 0. The van der Waals surface area contributed by atoms with Crippen molar-refractivity contribution in [3.8, 4) is 0 Å². The first-order valence-corrected chi connectivity index (χ1v) is 8.27. The van der Waals surface area contributed by atoms with Gasteiger partial charge >= 0.3 is 0 Å². The van der Waals surface area contributed by atoms with E-state index in [0.717, 1.165) is 17.4 Å². The summed E-state index contributed by atoms with van der Waals surface area (Å²) in [4.78, 5) is 12.8. The molecule has 2 aromatic carbocycles. The molecule has 0 aromatic heterocycles. The molecule has 21 heavy (non-hydrogen) atoms. The van der Waals surface area contributed by atoms with Crippen LogP contribution >= 0.6 is 0 Å². The minimum Gasteiger partial charge on any atom is -0.294 e. The van der Waals surface area contributed by atoms with E-state index in [1.807, 2.05) is 12.1 Å². The van der Waals surface area contributed by atoms with Crippen LogP contribution in [0.1, 0.15) is 60.9 Å². The lowest BCUT2D eigenvalue weighted by Crippen LogP contribution is -2.09. The number of rotatable bonds is 3. The molecule has 1 heteroatoms. The zero-order valence-corrected chi connectivity index (χ0v) is 12.9. The van der Waals surface area contributed by atoms with E-state index in [0.29, 0.717) is 11.7 Å². The molecule has 110 valence electrons. The maximum Gasteiger partial charge on any atom is 0.163 e. The van der Waals surface area contributed by atoms with E-state index < -0.39 is 0 Å². The van der Waals surface area contributed by atoms with Crippen molar-refractivity contribution < 1.29 is 4.79 Å². The van der Waals surface area contributed by atoms with Crippen molar-refractivity contribution in [2.75, 3.05) is 0 Å². The molecule has 0 heterocycles. The van der Waals surface area contributed by atoms with Gasteiger partial charge < -0.3 is 0 Å². The smallest absolute Gasteiger partial charge is 0.163 e. The van der Waals surface area contributed by atoms with E-state index in [2.05, 4.69) is 31.2 Å². The van der Waals surface area contributed by atoms with Crippen LogP contribution in [0.5, 0.6) is 0 Å². The monoisotopic (exact) mass is 280 g/mol. The van der Waals surface area contributed by atoms with Crippen molar-refractivity contribution in [2.45, 2.75) is 51.9 Å². The lowest BCUT2D eigenvalue weighted by Gasteiger charge is -2.14. The second kappa shape index (κ2) is 6.43. The summed E-state index contributed by atoms with van der Waals surface area (Å²) >= 11 is 0. The third-order valence-electron chi connectivity index (χ3n) is 4.89. The quantitative estimate of drug-likeness (QED) is 0.521. The average molecular weight is 280 g/mol. The summed E-state index contributed by atoms with van der Waals surface area (Å²) in [7, 11) is 0. The Morgan fingerprint density at radius 2 is 1.62 bits per heavy atom. The van der Waals surface area contributed by atoms with Gasteiger partial charge in [-0.05, 0) is 29.2 Å². The molecule has 1 fully saturated rings. The van der Waals surface area contributed by atoms with Crippen LogP contribution in [-0.4, -0.2) is 5.78 Å². The topological polar surface area (TPSA) is 17.1 Å². The first-order valence-electron chi connectivity index (χ1n) is 8.27. The highest BCUT2D eigenvalue weighted by Crippen LogP contribution is 2.29. The van der Waals surface area contributed by atoms with E-state index in [1.165, 1.54) is 49.5 Å². The molecular weight excluding hydrogens is 256 g/mol. The van der Waals surface area contributed by atoms with Crippen LogP contribution in [0, 0.1) is 12.8 Å². The van der Waals surface area contributed by atoms with Crippen molar-refractivity contribution in [3.63, 3.8) is 0 Å². The van der Waals surface area contributed by atoms with Gasteiger partial charge in [-0.3, -0.25) is 4.79 Å². The first kappa shape index (κ1) is 14.3. The number of hydrogen-bond acceptors (Lipinski definition) is 1. The average Bonchev–Trinajstić information content (AvgIpc) is 2.76. The number of hydrogen-bond donors (Lipinski definition) is 0. The third kappa shape index (κ3) is 3.18. The Hall–Kier alpha value is -1.63. The molecule has 0 radical (unpaired) electrons. The molecule has 2 aromatic rings. The van der Waals surface area contributed by atoms with Crippen molar-refractivity contribution in [2.24, 2.45) is 5.92 Å². The molecule has 0 N–H and O–H groups in total. The fraction of sp³-hybridized carbons (Fsp3) is 0.450. The Morgan fingerprint density at radius 1 is 0.952 bits per heavy atom. The molecule has 0 amide bonds. The standard InChI is InChI=1S/C20H24O/c1-15-12-13-19(18-11-7-6-10-17(15)18)20(21)14-16-8-4-2-3-5-9-16/h6-7,10-13,16H,2-5,8-9,14H2,1H3. The van der Waals surface area contributed by atoms with E-state index in [4.69, 9.17) is 0 Å². The minimum atomic E-state index is 0.332. The molecule has 0 bridgehead atoms. The van der Waals surface area contributed by atoms with E-state index in [9.17, 15) is 4.79 Å². The van der Waals surface area contributed by atoms with Gasteiger partial charge in [-0.1, -0.05) is 74.9 Å². The summed E-state index contributed by atoms with van der Waals surface area (Å²) in [6, 6.07) is 12.4. The number of benzene rings is 2. The number of aryl methyl sites for hydroxylation is 1. The first-order chi connectivity index (χ1) is 10.3. The normalized spacial score (nSPS) is 16.8. The Bertz CT molecular complexity index is 633. The lowest BCUT2D eigenvalue weighted by molar-refractivity contribution is 0.0958. The van der Waals surface area contributed by atoms with Crippen LogP contribution in [0.25, 0.3) is 10.8 Å². The Labute approximate surface area is 127 Å². The predicted octanol–water partition coefficient (Wildman–Crippen LogP) is 5.69. The van der Waals surface area contributed by atoms with Gasteiger partial charge in [0.05, 0.1) is 0 Å². The van der Waals surface area contributed by atoms with Crippen LogP contribution < -0.4 is 0 Å². The largest absolute Gasteiger partial charge is 0.294 e. The molecule has 1 aliphatic carbocycles. The van der Waals surface area contributed by atoms with Crippen molar-refractivity contribution in [1.29, 1.82) is 0 Å². The SMILES string of the molecule is Cc1ccc(C(=O)CC2CCCCCC2)c2ccccc12. The summed E-state index contributed by atoms with van der Waals surface area (Å²) in [5.41, 5.74) is 2.16. The number of carbonyl (C=O) groups excluding carboxylic acids is 1. The molecule has 1 saturated carbocycles. The van der Waals surface area contributed by atoms with Gasteiger partial charge in [-0.2, -0.15) is 0 Å². The van der Waals surface area contributed by atoms with Gasteiger partial charge in [0.25, 0.3) is 0 Å².